The van der Waals surface area contributed by atoms with Gasteiger partial charge in [-0.2, -0.15) is 8.42 Å². The van der Waals surface area contributed by atoms with E-state index in [1.165, 1.54) is 0 Å². The number of hydrogen-bond acceptors (Lipinski definition) is 4. The van der Waals surface area contributed by atoms with Crippen LogP contribution < -0.4 is 5.32 Å². The first-order chi connectivity index (χ1) is 11.6. The smallest absolute Gasteiger partial charge is 0.306 e. The Labute approximate surface area is 149 Å². The predicted octanol–water partition coefficient (Wildman–Crippen LogP) is 3.07. The van der Waals surface area contributed by atoms with Crippen molar-refractivity contribution in [2.24, 2.45) is 5.92 Å². The molecule has 1 heterocycles. The highest BCUT2D eigenvalue weighted by Crippen LogP contribution is 2.45. The number of rotatable bonds is 3. The minimum Gasteiger partial charge on any atom is -0.384 e. The fourth-order valence-corrected chi connectivity index (χ4v) is 4.35. The van der Waals surface area contributed by atoms with Crippen molar-refractivity contribution >= 4 is 21.6 Å². The summed E-state index contributed by atoms with van der Waals surface area (Å²) in [6.07, 6.45) is 4.27. The molecule has 0 atom stereocenters. The average Bonchev–Trinajstić information content (AvgIpc) is 2.75. The van der Waals surface area contributed by atoms with Crippen molar-refractivity contribution in [1.29, 1.82) is 0 Å². The topological polar surface area (TPSA) is 72.5 Å². The third-order valence-electron chi connectivity index (χ3n) is 5.27. The zero-order valence-corrected chi connectivity index (χ0v) is 16.0. The zero-order valence-electron chi connectivity index (χ0n) is 15.2. The quantitative estimate of drug-likeness (QED) is 0.838. The molecule has 1 aliphatic heterocycles. The van der Waals surface area contributed by atoms with Gasteiger partial charge in [-0.1, -0.05) is 30.7 Å². The Morgan fingerprint density at radius 3 is 2.44 bits per heavy atom. The largest absolute Gasteiger partial charge is 0.384 e. The highest BCUT2D eigenvalue weighted by Gasteiger charge is 2.50. The number of amides is 1. The van der Waals surface area contributed by atoms with Crippen LogP contribution in [0.3, 0.4) is 0 Å². The van der Waals surface area contributed by atoms with Gasteiger partial charge in [0, 0.05) is 0 Å². The molecule has 0 unspecified atom stereocenters. The molecule has 1 aliphatic carbocycles. The number of nitrogens with one attached hydrogen (secondary N) is 1. The number of carbonyl (C=O) groups excluding carboxylic acids is 1. The third-order valence-corrected chi connectivity index (χ3v) is 5.74. The van der Waals surface area contributed by atoms with Gasteiger partial charge in [-0.25, -0.2) is 0 Å². The molecular weight excluding hydrogens is 338 g/mol. The average molecular weight is 363 g/mol. The maximum absolute atomic E-state index is 12.8. The van der Waals surface area contributed by atoms with E-state index in [2.05, 4.69) is 12.2 Å². The van der Waals surface area contributed by atoms with Crippen LogP contribution in [-0.2, 0) is 19.1 Å². The van der Waals surface area contributed by atoms with E-state index in [9.17, 15) is 13.2 Å². The molecule has 6 heteroatoms. The van der Waals surface area contributed by atoms with Crippen molar-refractivity contribution in [2.45, 2.75) is 52.0 Å². The van der Waals surface area contributed by atoms with Crippen molar-refractivity contribution < 1.29 is 17.4 Å². The third kappa shape index (κ3) is 3.45. The Kier molecular flexibility index (Phi) is 4.43. The van der Waals surface area contributed by atoms with Crippen LogP contribution in [0.4, 0.5) is 0 Å². The molecule has 0 saturated heterocycles. The first-order valence-corrected chi connectivity index (χ1v) is 10.5. The molecule has 1 fully saturated rings. The van der Waals surface area contributed by atoms with E-state index in [1.54, 1.807) is 0 Å². The number of hydrogen-bond donors (Lipinski definition) is 1. The molecule has 1 N–H and O–H groups in total. The Hall–Kier alpha value is -1.82. The van der Waals surface area contributed by atoms with Gasteiger partial charge in [-0.3, -0.25) is 4.79 Å². The molecule has 2 aliphatic rings. The van der Waals surface area contributed by atoms with Gasteiger partial charge in [0.1, 0.15) is 5.54 Å². The summed E-state index contributed by atoms with van der Waals surface area (Å²) in [6.45, 7) is 6.04. The standard InChI is InChI=1S/C19H25NO4S/c1-12-7-9-19(10-8-12)17(24-25(4,22)23)16(18(21)20-19)15-11-13(2)5-6-14(15)3/h5-6,11-12H,7-10H2,1-4H3,(H,20,21). The van der Waals surface area contributed by atoms with E-state index in [1.807, 2.05) is 32.0 Å². The van der Waals surface area contributed by atoms with Gasteiger partial charge in [0.05, 0.1) is 11.8 Å². The molecule has 1 spiro atoms. The molecular formula is C19H25NO4S. The van der Waals surface area contributed by atoms with Crippen molar-refractivity contribution in [3.05, 3.63) is 40.6 Å². The Morgan fingerprint density at radius 1 is 1.20 bits per heavy atom. The summed E-state index contributed by atoms with van der Waals surface area (Å²) in [5, 5.41) is 3.06. The molecule has 0 bridgehead atoms. The summed E-state index contributed by atoms with van der Waals surface area (Å²) in [5.74, 6) is 0.592. The maximum Gasteiger partial charge on any atom is 0.306 e. The summed E-state index contributed by atoms with van der Waals surface area (Å²) in [7, 11) is -3.73. The van der Waals surface area contributed by atoms with E-state index >= 15 is 0 Å². The van der Waals surface area contributed by atoms with Crippen molar-refractivity contribution in [1.82, 2.24) is 5.32 Å². The van der Waals surface area contributed by atoms with Gasteiger partial charge >= 0.3 is 10.1 Å². The minimum atomic E-state index is -3.73. The Balaban J connectivity index is 2.20. The molecule has 1 aromatic rings. The molecule has 25 heavy (non-hydrogen) atoms. The lowest BCUT2D eigenvalue weighted by Crippen LogP contribution is -2.47. The number of carbonyl (C=O) groups is 1. The fraction of sp³-hybridized carbons (Fsp3) is 0.526. The van der Waals surface area contributed by atoms with Gasteiger partial charge in [-0.05, 0) is 56.6 Å². The maximum atomic E-state index is 12.8. The van der Waals surface area contributed by atoms with Crippen LogP contribution in [0.1, 0.15) is 49.3 Å². The van der Waals surface area contributed by atoms with Crippen molar-refractivity contribution in [3.63, 3.8) is 0 Å². The summed E-state index contributed by atoms with van der Waals surface area (Å²) in [5.41, 5.74) is 2.33. The van der Waals surface area contributed by atoms with Crippen molar-refractivity contribution in [3.8, 4) is 0 Å². The van der Waals surface area contributed by atoms with E-state index in [0.717, 1.165) is 35.8 Å². The van der Waals surface area contributed by atoms with E-state index in [-0.39, 0.29) is 11.7 Å². The summed E-state index contributed by atoms with van der Waals surface area (Å²) >= 11 is 0. The Morgan fingerprint density at radius 2 is 1.84 bits per heavy atom. The highest BCUT2D eigenvalue weighted by molar-refractivity contribution is 7.86. The molecule has 1 aromatic carbocycles. The van der Waals surface area contributed by atoms with Crippen LogP contribution in [0.5, 0.6) is 0 Å². The van der Waals surface area contributed by atoms with Gasteiger partial charge in [0.15, 0.2) is 5.76 Å². The van der Waals surface area contributed by atoms with E-state index in [4.69, 9.17) is 4.18 Å². The molecule has 1 amide bonds. The molecule has 1 saturated carbocycles. The van der Waals surface area contributed by atoms with E-state index in [0.29, 0.717) is 24.3 Å². The first-order valence-electron chi connectivity index (χ1n) is 8.66. The lowest BCUT2D eigenvalue weighted by Gasteiger charge is -2.37. The van der Waals surface area contributed by atoms with Crippen molar-refractivity contribution in [2.75, 3.05) is 6.26 Å². The summed E-state index contributed by atoms with van der Waals surface area (Å²) < 4.78 is 29.3. The molecule has 0 radical (unpaired) electrons. The number of benzene rings is 1. The van der Waals surface area contributed by atoms with Crippen LogP contribution in [0.2, 0.25) is 0 Å². The first kappa shape index (κ1) is 18.0. The SMILES string of the molecule is Cc1ccc(C)c(C2=C(OS(C)(=O)=O)C3(CCC(C)CC3)NC2=O)c1. The van der Waals surface area contributed by atoms with Crippen LogP contribution in [-0.4, -0.2) is 26.1 Å². The fourth-order valence-electron chi connectivity index (χ4n) is 3.81. The van der Waals surface area contributed by atoms with Crippen LogP contribution in [0, 0.1) is 19.8 Å². The predicted molar refractivity (Wildman–Crippen MR) is 97.3 cm³/mol. The molecule has 3 rings (SSSR count). The van der Waals surface area contributed by atoms with Crippen LogP contribution in [0.25, 0.3) is 5.57 Å². The van der Waals surface area contributed by atoms with Gasteiger partial charge in [0.25, 0.3) is 5.91 Å². The lowest BCUT2D eigenvalue weighted by atomic mass is 9.76. The normalized spacial score (nSPS) is 26.9. The second-order valence-corrected chi connectivity index (χ2v) is 9.10. The second-order valence-electron chi connectivity index (χ2n) is 7.53. The number of aryl methyl sites for hydroxylation is 2. The van der Waals surface area contributed by atoms with Crippen LogP contribution >= 0.6 is 0 Å². The second kappa shape index (κ2) is 6.16. The minimum absolute atomic E-state index is 0.248. The highest BCUT2D eigenvalue weighted by atomic mass is 32.2. The Bertz CT molecular complexity index is 846. The monoisotopic (exact) mass is 363 g/mol. The van der Waals surface area contributed by atoms with Gasteiger partial charge < -0.3 is 9.50 Å². The van der Waals surface area contributed by atoms with Gasteiger partial charge in [0.2, 0.25) is 0 Å². The summed E-state index contributed by atoms with van der Waals surface area (Å²) in [6, 6.07) is 5.83. The lowest BCUT2D eigenvalue weighted by molar-refractivity contribution is -0.116. The van der Waals surface area contributed by atoms with Crippen LogP contribution in [0.15, 0.2) is 24.0 Å². The molecule has 0 aromatic heterocycles. The summed E-state index contributed by atoms with van der Waals surface area (Å²) in [4.78, 5) is 12.8. The zero-order chi connectivity index (χ0) is 18.4. The van der Waals surface area contributed by atoms with E-state index < -0.39 is 15.7 Å². The molecule has 136 valence electrons. The molecule has 5 nitrogen and oxygen atoms in total. The van der Waals surface area contributed by atoms with Gasteiger partial charge in [-0.15, -0.1) is 0 Å².